The Bertz CT molecular complexity index is 908. The van der Waals surface area contributed by atoms with Crippen molar-refractivity contribution in [2.24, 2.45) is 17.8 Å². The van der Waals surface area contributed by atoms with Crippen LogP contribution >= 0.6 is 0 Å². The first-order valence-electron chi connectivity index (χ1n) is 17.3. The molecule has 40 heavy (non-hydrogen) atoms. The SMILES string of the molecule is CCCCCCCCCCOc1cnc(-c2ccc(C3CCC(C4CCC(CCCCC)CC4)CC3)cc2)nc1. The summed E-state index contributed by atoms with van der Waals surface area (Å²) in [5.41, 5.74) is 2.61. The number of unbranched alkanes of at least 4 members (excludes halogenated alkanes) is 9. The van der Waals surface area contributed by atoms with E-state index in [1.54, 1.807) is 0 Å². The van der Waals surface area contributed by atoms with Crippen molar-refractivity contribution >= 4 is 0 Å². The average Bonchev–Trinajstić information content (AvgIpc) is 3.01. The molecule has 0 unspecified atom stereocenters. The minimum Gasteiger partial charge on any atom is -0.490 e. The molecule has 1 aromatic heterocycles. The summed E-state index contributed by atoms with van der Waals surface area (Å²) in [6.45, 7) is 5.35. The summed E-state index contributed by atoms with van der Waals surface area (Å²) in [6.07, 6.45) is 31.5. The first kappa shape index (κ1) is 31.0. The second-order valence-electron chi connectivity index (χ2n) is 13.1. The molecule has 3 nitrogen and oxygen atoms in total. The van der Waals surface area contributed by atoms with Gasteiger partial charge in [-0.25, -0.2) is 9.97 Å². The summed E-state index contributed by atoms with van der Waals surface area (Å²) < 4.78 is 5.89. The highest BCUT2D eigenvalue weighted by Gasteiger charge is 2.31. The molecule has 0 N–H and O–H groups in total. The first-order valence-corrected chi connectivity index (χ1v) is 17.3. The lowest BCUT2D eigenvalue weighted by molar-refractivity contribution is 0.155. The fourth-order valence-electron chi connectivity index (χ4n) is 7.43. The van der Waals surface area contributed by atoms with Crippen LogP contribution in [0.25, 0.3) is 11.4 Å². The zero-order chi connectivity index (χ0) is 27.8. The predicted molar refractivity (Wildman–Crippen MR) is 170 cm³/mol. The van der Waals surface area contributed by atoms with Gasteiger partial charge in [0.15, 0.2) is 11.6 Å². The van der Waals surface area contributed by atoms with Crippen molar-refractivity contribution in [1.29, 1.82) is 0 Å². The van der Waals surface area contributed by atoms with Crippen molar-refractivity contribution in [3.05, 3.63) is 42.2 Å². The molecule has 2 saturated carbocycles. The monoisotopic (exact) mass is 546 g/mol. The molecule has 1 heterocycles. The highest BCUT2D eigenvalue weighted by Crippen LogP contribution is 2.44. The van der Waals surface area contributed by atoms with Gasteiger partial charge in [0.1, 0.15) is 0 Å². The van der Waals surface area contributed by atoms with Crippen molar-refractivity contribution in [1.82, 2.24) is 9.97 Å². The average molecular weight is 547 g/mol. The molecular weight excluding hydrogens is 488 g/mol. The van der Waals surface area contributed by atoms with Crippen molar-refractivity contribution in [3.8, 4) is 17.1 Å². The zero-order valence-corrected chi connectivity index (χ0v) is 25.9. The van der Waals surface area contributed by atoms with Gasteiger partial charge in [0, 0.05) is 5.56 Å². The molecule has 0 atom stereocenters. The Kier molecular flexibility index (Phi) is 13.8. The van der Waals surface area contributed by atoms with E-state index in [4.69, 9.17) is 4.74 Å². The van der Waals surface area contributed by atoms with Crippen LogP contribution in [0.15, 0.2) is 36.7 Å². The minimum absolute atomic E-state index is 0.726. The molecule has 0 saturated heterocycles. The molecule has 0 amide bonds. The van der Waals surface area contributed by atoms with Gasteiger partial charge in [-0.1, -0.05) is 122 Å². The van der Waals surface area contributed by atoms with Crippen LogP contribution < -0.4 is 4.74 Å². The van der Waals surface area contributed by atoms with E-state index in [2.05, 4.69) is 48.1 Å². The van der Waals surface area contributed by atoms with Gasteiger partial charge in [-0.2, -0.15) is 0 Å². The summed E-state index contributed by atoms with van der Waals surface area (Å²) >= 11 is 0. The van der Waals surface area contributed by atoms with Gasteiger partial charge >= 0.3 is 0 Å². The summed E-state index contributed by atoms with van der Waals surface area (Å²) in [5, 5.41) is 0. The Hall–Kier alpha value is -1.90. The number of ether oxygens (including phenoxy) is 1. The third-order valence-electron chi connectivity index (χ3n) is 10.1. The molecule has 0 spiro atoms. The summed E-state index contributed by atoms with van der Waals surface area (Å²) in [6, 6.07) is 9.10. The van der Waals surface area contributed by atoms with Crippen LogP contribution in [0.1, 0.15) is 154 Å². The smallest absolute Gasteiger partial charge is 0.159 e. The van der Waals surface area contributed by atoms with E-state index in [-0.39, 0.29) is 0 Å². The first-order chi connectivity index (χ1) is 19.8. The summed E-state index contributed by atoms with van der Waals surface area (Å²) in [5.74, 6) is 5.32. The van der Waals surface area contributed by atoms with Crippen LogP contribution in [0.2, 0.25) is 0 Å². The Morgan fingerprint density at radius 2 is 1.18 bits per heavy atom. The quantitative estimate of drug-likeness (QED) is 0.185. The van der Waals surface area contributed by atoms with Crippen molar-refractivity contribution < 1.29 is 4.74 Å². The van der Waals surface area contributed by atoms with Crippen LogP contribution in [0.3, 0.4) is 0 Å². The van der Waals surface area contributed by atoms with E-state index in [1.807, 2.05) is 12.4 Å². The van der Waals surface area contributed by atoms with Gasteiger partial charge in [-0.15, -0.1) is 0 Å². The number of nitrogens with zero attached hydrogens (tertiary/aromatic N) is 2. The van der Waals surface area contributed by atoms with E-state index < -0.39 is 0 Å². The number of rotatable bonds is 17. The normalized spacial score (nSPS) is 23.2. The Labute approximate surface area is 246 Å². The second kappa shape index (κ2) is 17.8. The standard InChI is InChI=1S/C37H58N2O/c1-3-5-7-8-9-10-11-13-27-40-36-28-38-37(39-29-36)35-25-23-34(24-26-35)33-21-19-32(20-22-33)31-17-15-30(16-18-31)14-12-6-4-2/h23-26,28-33H,3-22,27H2,1-2H3. The number of hydrogen-bond donors (Lipinski definition) is 0. The molecular formula is C37H58N2O. The van der Waals surface area contributed by atoms with Crippen molar-refractivity contribution in [3.63, 3.8) is 0 Å². The highest BCUT2D eigenvalue weighted by atomic mass is 16.5. The Morgan fingerprint density at radius 1 is 0.625 bits per heavy atom. The van der Waals surface area contributed by atoms with E-state index >= 15 is 0 Å². The third-order valence-corrected chi connectivity index (χ3v) is 10.1. The maximum Gasteiger partial charge on any atom is 0.159 e. The van der Waals surface area contributed by atoms with Gasteiger partial charge in [-0.05, 0) is 74.2 Å². The lowest BCUT2D eigenvalue weighted by Gasteiger charge is -2.38. The van der Waals surface area contributed by atoms with Gasteiger partial charge in [0.05, 0.1) is 19.0 Å². The van der Waals surface area contributed by atoms with Crippen LogP contribution in [0, 0.1) is 17.8 Å². The number of hydrogen-bond acceptors (Lipinski definition) is 3. The molecule has 0 aliphatic heterocycles. The van der Waals surface area contributed by atoms with Crippen molar-refractivity contribution in [2.45, 2.75) is 148 Å². The lowest BCUT2D eigenvalue weighted by atomic mass is 9.68. The largest absolute Gasteiger partial charge is 0.490 e. The molecule has 1 aromatic carbocycles. The van der Waals surface area contributed by atoms with E-state index in [1.165, 1.54) is 128 Å². The number of aromatic nitrogens is 2. The van der Waals surface area contributed by atoms with Crippen molar-refractivity contribution in [2.75, 3.05) is 6.61 Å². The van der Waals surface area contributed by atoms with E-state index in [9.17, 15) is 0 Å². The molecule has 2 fully saturated rings. The summed E-state index contributed by atoms with van der Waals surface area (Å²) in [4.78, 5) is 9.20. The molecule has 0 radical (unpaired) electrons. The van der Waals surface area contributed by atoms with E-state index in [0.717, 1.165) is 53.8 Å². The fourth-order valence-corrected chi connectivity index (χ4v) is 7.43. The Balaban J connectivity index is 1.13. The van der Waals surface area contributed by atoms with Gasteiger partial charge < -0.3 is 4.74 Å². The number of benzene rings is 1. The van der Waals surface area contributed by atoms with Crippen LogP contribution in [0.4, 0.5) is 0 Å². The topological polar surface area (TPSA) is 35.0 Å². The molecule has 2 aliphatic carbocycles. The van der Waals surface area contributed by atoms with Crippen LogP contribution in [0.5, 0.6) is 5.75 Å². The Morgan fingerprint density at radius 3 is 1.80 bits per heavy atom. The third kappa shape index (κ3) is 10.2. The highest BCUT2D eigenvalue weighted by molar-refractivity contribution is 5.55. The maximum absolute atomic E-state index is 5.89. The summed E-state index contributed by atoms with van der Waals surface area (Å²) in [7, 11) is 0. The molecule has 2 aliphatic rings. The lowest BCUT2D eigenvalue weighted by Crippen LogP contribution is -2.25. The van der Waals surface area contributed by atoms with Gasteiger partial charge in [-0.3, -0.25) is 0 Å². The fraction of sp³-hybridized carbons (Fsp3) is 0.730. The molecule has 3 heteroatoms. The predicted octanol–water partition coefficient (Wildman–Crippen LogP) is 11.3. The van der Waals surface area contributed by atoms with Crippen LogP contribution in [-0.4, -0.2) is 16.6 Å². The molecule has 0 bridgehead atoms. The maximum atomic E-state index is 5.89. The van der Waals surface area contributed by atoms with Crippen LogP contribution in [-0.2, 0) is 0 Å². The second-order valence-corrected chi connectivity index (χ2v) is 13.1. The molecule has 222 valence electrons. The molecule has 2 aromatic rings. The van der Waals surface area contributed by atoms with Gasteiger partial charge in [0.2, 0.25) is 0 Å². The van der Waals surface area contributed by atoms with E-state index in [0.29, 0.717) is 0 Å². The van der Waals surface area contributed by atoms with Gasteiger partial charge in [0.25, 0.3) is 0 Å². The zero-order valence-electron chi connectivity index (χ0n) is 25.9. The minimum atomic E-state index is 0.726. The molecule has 4 rings (SSSR count).